The van der Waals surface area contributed by atoms with Gasteiger partial charge < -0.3 is 10.1 Å². The summed E-state index contributed by atoms with van der Waals surface area (Å²) in [5.74, 6) is -0.549. The molecule has 1 aliphatic heterocycles. The summed E-state index contributed by atoms with van der Waals surface area (Å²) in [4.78, 5) is 26.4. The summed E-state index contributed by atoms with van der Waals surface area (Å²) >= 11 is 0. The first kappa shape index (κ1) is 18.0. The second-order valence-corrected chi connectivity index (χ2v) is 5.91. The molecule has 24 heavy (non-hydrogen) atoms. The summed E-state index contributed by atoms with van der Waals surface area (Å²) in [7, 11) is 0. The van der Waals surface area contributed by atoms with E-state index in [-0.39, 0.29) is 23.8 Å². The molecule has 6 heteroatoms. The average Bonchev–Trinajstić information content (AvgIpc) is 2.61. The van der Waals surface area contributed by atoms with Crippen LogP contribution in [0.1, 0.15) is 32.3 Å². The van der Waals surface area contributed by atoms with Gasteiger partial charge in [-0.05, 0) is 45.4 Å². The van der Waals surface area contributed by atoms with Gasteiger partial charge in [0, 0.05) is 6.54 Å². The van der Waals surface area contributed by atoms with Crippen LogP contribution >= 0.6 is 0 Å². The maximum atomic E-state index is 12.5. The molecule has 1 N–H and O–H groups in total. The number of ether oxygens (including phenoxy) is 1. The highest BCUT2D eigenvalue weighted by molar-refractivity contribution is 5.95. The maximum absolute atomic E-state index is 12.5. The first-order chi connectivity index (χ1) is 11.6. The van der Waals surface area contributed by atoms with Gasteiger partial charge >= 0.3 is 5.97 Å². The van der Waals surface area contributed by atoms with Crippen molar-refractivity contribution < 1.29 is 14.3 Å². The van der Waals surface area contributed by atoms with Gasteiger partial charge in [0.25, 0.3) is 0 Å². The molecule has 1 amide bonds. The number of para-hydroxylation sites is 1. The van der Waals surface area contributed by atoms with Gasteiger partial charge in [-0.15, -0.1) is 0 Å². The number of nitrogens with zero attached hydrogens (tertiary/aromatic N) is 2. The van der Waals surface area contributed by atoms with Crippen LogP contribution < -0.4 is 5.32 Å². The Morgan fingerprint density at radius 1 is 1.46 bits per heavy atom. The van der Waals surface area contributed by atoms with Gasteiger partial charge in [-0.3, -0.25) is 14.5 Å². The van der Waals surface area contributed by atoms with Crippen LogP contribution in [0.15, 0.2) is 24.3 Å². The molecule has 0 aliphatic carbocycles. The normalized spacial score (nSPS) is 19.1. The van der Waals surface area contributed by atoms with E-state index in [2.05, 4.69) is 11.4 Å². The van der Waals surface area contributed by atoms with Crippen LogP contribution in [0.5, 0.6) is 0 Å². The van der Waals surface area contributed by atoms with Crippen molar-refractivity contribution in [2.75, 3.05) is 25.0 Å². The average molecular weight is 329 g/mol. The van der Waals surface area contributed by atoms with E-state index < -0.39 is 0 Å². The van der Waals surface area contributed by atoms with E-state index >= 15 is 0 Å². The SMILES string of the molecule is CCOC(=O)C1CCCN(C(C)C(=O)Nc2ccccc2C#N)C1. The monoisotopic (exact) mass is 329 g/mol. The molecule has 6 nitrogen and oxygen atoms in total. The van der Waals surface area contributed by atoms with Crippen LogP contribution in [0.2, 0.25) is 0 Å². The molecule has 1 aromatic carbocycles. The summed E-state index contributed by atoms with van der Waals surface area (Å²) in [5.41, 5.74) is 0.942. The van der Waals surface area contributed by atoms with Crippen molar-refractivity contribution >= 4 is 17.6 Å². The molecule has 2 rings (SSSR count). The molecule has 0 bridgehead atoms. The minimum absolute atomic E-state index is 0.179. The van der Waals surface area contributed by atoms with Crippen molar-refractivity contribution in [3.63, 3.8) is 0 Å². The fourth-order valence-corrected chi connectivity index (χ4v) is 2.90. The number of esters is 1. The van der Waals surface area contributed by atoms with Gasteiger partial charge in [-0.1, -0.05) is 12.1 Å². The van der Waals surface area contributed by atoms with E-state index in [0.29, 0.717) is 24.4 Å². The molecule has 1 fully saturated rings. The molecule has 0 aromatic heterocycles. The number of nitrogens with one attached hydrogen (secondary N) is 1. The highest BCUT2D eigenvalue weighted by Gasteiger charge is 2.31. The van der Waals surface area contributed by atoms with E-state index in [4.69, 9.17) is 10.00 Å². The number of amides is 1. The zero-order valence-corrected chi connectivity index (χ0v) is 14.1. The number of carbonyl (C=O) groups is 2. The van der Waals surface area contributed by atoms with E-state index in [9.17, 15) is 9.59 Å². The number of hydrogen-bond donors (Lipinski definition) is 1. The summed E-state index contributed by atoms with van der Waals surface area (Å²) in [6.07, 6.45) is 1.65. The molecule has 1 aromatic rings. The third-order valence-corrected chi connectivity index (χ3v) is 4.31. The molecule has 128 valence electrons. The summed E-state index contributed by atoms with van der Waals surface area (Å²) in [6.45, 7) is 5.27. The van der Waals surface area contributed by atoms with Gasteiger partial charge in [-0.2, -0.15) is 5.26 Å². The lowest BCUT2D eigenvalue weighted by atomic mass is 9.97. The molecule has 0 spiro atoms. The fraction of sp³-hybridized carbons (Fsp3) is 0.500. The Kier molecular flexibility index (Phi) is 6.33. The van der Waals surface area contributed by atoms with Crippen LogP contribution in [0.4, 0.5) is 5.69 Å². The zero-order valence-electron chi connectivity index (χ0n) is 14.1. The largest absolute Gasteiger partial charge is 0.466 e. The summed E-state index contributed by atoms with van der Waals surface area (Å²) in [5, 5.41) is 11.9. The lowest BCUT2D eigenvalue weighted by Crippen LogP contribution is -2.48. The number of anilines is 1. The van der Waals surface area contributed by atoms with Crippen molar-refractivity contribution in [1.29, 1.82) is 5.26 Å². The molecule has 1 aliphatic rings. The van der Waals surface area contributed by atoms with E-state index in [1.54, 1.807) is 31.2 Å². The van der Waals surface area contributed by atoms with Gasteiger partial charge in [-0.25, -0.2) is 0 Å². The Morgan fingerprint density at radius 3 is 2.92 bits per heavy atom. The predicted molar refractivity (Wildman–Crippen MR) is 90.2 cm³/mol. The minimum Gasteiger partial charge on any atom is -0.466 e. The Morgan fingerprint density at radius 2 is 2.21 bits per heavy atom. The molecule has 0 radical (unpaired) electrons. The lowest BCUT2D eigenvalue weighted by Gasteiger charge is -2.35. The molecule has 1 saturated heterocycles. The zero-order chi connectivity index (χ0) is 17.5. The minimum atomic E-state index is -0.381. The Hall–Kier alpha value is -2.39. The van der Waals surface area contributed by atoms with E-state index in [0.717, 1.165) is 19.4 Å². The van der Waals surface area contributed by atoms with E-state index in [1.165, 1.54) is 0 Å². The molecular weight excluding hydrogens is 306 g/mol. The van der Waals surface area contributed by atoms with Crippen molar-refractivity contribution in [2.45, 2.75) is 32.7 Å². The van der Waals surface area contributed by atoms with Crippen LogP contribution in [-0.4, -0.2) is 42.5 Å². The van der Waals surface area contributed by atoms with Gasteiger partial charge in [0.15, 0.2) is 0 Å². The Labute approximate surface area is 142 Å². The standard InChI is InChI=1S/C18H23N3O3/c1-3-24-18(23)15-8-6-10-21(12-15)13(2)17(22)20-16-9-5-4-7-14(16)11-19/h4-5,7,9,13,15H,3,6,8,10,12H2,1-2H3,(H,20,22). The van der Waals surface area contributed by atoms with Gasteiger partial charge in [0.05, 0.1) is 29.8 Å². The maximum Gasteiger partial charge on any atom is 0.310 e. The number of likely N-dealkylation sites (tertiary alicyclic amines) is 1. The fourth-order valence-electron chi connectivity index (χ4n) is 2.90. The second-order valence-electron chi connectivity index (χ2n) is 5.91. The highest BCUT2D eigenvalue weighted by atomic mass is 16.5. The number of hydrogen-bond acceptors (Lipinski definition) is 5. The van der Waals surface area contributed by atoms with E-state index in [1.807, 2.05) is 11.8 Å². The van der Waals surface area contributed by atoms with Crippen LogP contribution in [0.25, 0.3) is 0 Å². The highest BCUT2D eigenvalue weighted by Crippen LogP contribution is 2.21. The second kappa shape index (κ2) is 8.46. The smallest absolute Gasteiger partial charge is 0.310 e. The summed E-state index contributed by atoms with van der Waals surface area (Å²) < 4.78 is 5.09. The molecule has 2 atom stereocenters. The molecule has 1 heterocycles. The number of carbonyl (C=O) groups excluding carboxylic acids is 2. The first-order valence-corrected chi connectivity index (χ1v) is 8.27. The number of benzene rings is 1. The molecule has 2 unspecified atom stereocenters. The van der Waals surface area contributed by atoms with Crippen LogP contribution in [0, 0.1) is 17.2 Å². The van der Waals surface area contributed by atoms with Crippen molar-refractivity contribution in [3.8, 4) is 6.07 Å². The quantitative estimate of drug-likeness (QED) is 0.837. The van der Waals surface area contributed by atoms with Gasteiger partial charge in [0.2, 0.25) is 5.91 Å². The Bertz CT molecular complexity index is 639. The van der Waals surface area contributed by atoms with Crippen molar-refractivity contribution in [1.82, 2.24) is 4.90 Å². The van der Waals surface area contributed by atoms with Gasteiger partial charge in [0.1, 0.15) is 6.07 Å². The van der Waals surface area contributed by atoms with Crippen LogP contribution in [-0.2, 0) is 14.3 Å². The molecular formula is C18H23N3O3. The number of nitriles is 1. The first-order valence-electron chi connectivity index (χ1n) is 8.27. The topological polar surface area (TPSA) is 82.4 Å². The lowest BCUT2D eigenvalue weighted by molar-refractivity contribution is -0.150. The molecule has 0 saturated carbocycles. The third kappa shape index (κ3) is 4.33. The summed E-state index contributed by atoms with van der Waals surface area (Å²) in [6, 6.07) is 8.59. The van der Waals surface area contributed by atoms with Crippen LogP contribution in [0.3, 0.4) is 0 Å². The predicted octanol–water partition coefficient (Wildman–Crippen LogP) is 2.16. The third-order valence-electron chi connectivity index (χ3n) is 4.31. The Balaban J connectivity index is 2.00. The van der Waals surface area contributed by atoms with Crippen molar-refractivity contribution in [3.05, 3.63) is 29.8 Å². The number of piperidine rings is 1. The van der Waals surface area contributed by atoms with Crippen molar-refractivity contribution in [2.24, 2.45) is 5.92 Å². The number of rotatable bonds is 5.